The predicted octanol–water partition coefficient (Wildman–Crippen LogP) is 2.57. The number of hydrogen-bond acceptors (Lipinski definition) is 4. The molecule has 1 fully saturated rings. The van der Waals surface area contributed by atoms with Gasteiger partial charge in [-0.2, -0.15) is 4.31 Å². The molecule has 5 nitrogen and oxygen atoms in total. The molecule has 1 aliphatic heterocycles. The van der Waals surface area contributed by atoms with E-state index in [1.54, 1.807) is 0 Å². The summed E-state index contributed by atoms with van der Waals surface area (Å²) in [6.45, 7) is 1.87. The molecule has 0 radical (unpaired) electrons. The van der Waals surface area contributed by atoms with Crippen LogP contribution < -0.4 is 4.74 Å². The van der Waals surface area contributed by atoms with Crippen molar-refractivity contribution in [3.8, 4) is 5.75 Å². The van der Waals surface area contributed by atoms with Crippen molar-refractivity contribution in [2.45, 2.75) is 11.3 Å². The lowest BCUT2D eigenvalue weighted by Gasteiger charge is -2.19. The van der Waals surface area contributed by atoms with Gasteiger partial charge in [0.15, 0.2) is 0 Å². The zero-order valence-corrected chi connectivity index (χ0v) is 15.2. The van der Waals surface area contributed by atoms with Gasteiger partial charge in [-0.05, 0) is 32.5 Å². The van der Waals surface area contributed by atoms with Crippen LogP contribution in [0.5, 0.6) is 5.75 Å². The monoisotopic (exact) mass is 366 g/mol. The molecule has 0 bridgehead atoms. The van der Waals surface area contributed by atoms with Gasteiger partial charge in [-0.3, -0.25) is 0 Å². The van der Waals surface area contributed by atoms with Crippen LogP contribution in [0.15, 0.2) is 17.0 Å². The van der Waals surface area contributed by atoms with E-state index in [1.165, 1.54) is 23.5 Å². The Morgan fingerprint density at radius 2 is 2.00 bits per heavy atom. The summed E-state index contributed by atoms with van der Waals surface area (Å²) < 4.78 is 32.1. The molecule has 1 heterocycles. The number of rotatable bonds is 5. The molecule has 1 aromatic carbocycles. The van der Waals surface area contributed by atoms with Crippen molar-refractivity contribution in [1.29, 1.82) is 0 Å². The Hall–Kier alpha value is -0.530. The minimum atomic E-state index is -3.64. The van der Waals surface area contributed by atoms with Crippen LogP contribution in [0.2, 0.25) is 10.0 Å². The third kappa shape index (κ3) is 3.68. The van der Waals surface area contributed by atoms with Gasteiger partial charge in [-0.15, -0.1) is 0 Å². The average Bonchev–Trinajstić information content (AvgIpc) is 2.89. The van der Waals surface area contributed by atoms with E-state index in [-0.39, 0.29) is 14.9 Å². The van der Waals surface area contributed by atoms with Gasteiger partial charge >= 0.3 is 0 Å². The molecule has 1 unspecified atom stereocenters. The standard InChI is InChI=1S/C14H20Cl2N2O3S/c1-17(2)8-10-4-5-18(9-10)22(19,20)14-7-11(15)13(21-3)6-12(14)16/h6-7,10H,4-5,8-9H2,1-3H3. The number of halogens is 2. The second-order valence-electron chi connectivity index (χ2n) is 5.70. The van der Waals surface area contributed by atoms with Crippen LogP contribution in [0.25, 0.3) is 0 Å². The number of sulfonamides is 1. The van der Waals surface area contributed by atoms with E-state index in [4.69, 9.17) is 27.9 Å². The van der Waals surface area contributed by atoms with Gasteiger partial charge in [-0.1, -0.05) is 23.2 Å². The summed E-state index contributed by atoms with van der Waals surface area (Å²) in [5.41, 5.74) is 0. The Morgan fingerprint density at radius 1 is 1.32 bits per heavy atom. The third-order valence-electron chi connectivity index (χ3n) is 3.70. The highest BCUT2D eigenvalue weighted by Crippen LogP contribution is 2.36. The maximum absolute atomic E-state index is 12.8. The average molecular weight is 367 g/mol. The van der Waals surface area contributed by atoms with E-state index < -0.39 is 10.0 Å². The van der Waals surface area contributed by atoms with Crippen molar-refractivity contribution < 1.29 is 13.2 Å². The molecule has 0 aliphatic carbocycles. The van der Waals surface area contributed by atoms with Gasteiger partial charge in [-0.25, -0.2) is 8.42 Å². The zero-order valence-electron chi connectivity index (χ0n) is 12.8. The van der Waals surface area contributed by atoms with E-state index in [9.17, 15) is 8.42 Å². The molecule has 0 aromatic heterocycles. The highest BCUT2D eigenvalue weighted by Gasteiger charge is 2.34. The quantitative estimate of drug-likeness (QED) is 0.803. The molecule has 0 spiro atoms. The molecular weight excluding hydrogens is 347 g/mol. The first-order chi connectivity index (χ1) is 10.3. The molecule has 124 valence electrons. The second-order valence-corrected chi connectivity index (χ2v) is 8.42. The van der Waals surface area contributed by atoms with Gasteiger partial charge in [0.2, 0.25) is 10.0 Å². The number of benzene rings is 1. The molecule has 0 saturated carbocycles. The second kappa shape index (κ2) is 6.93. The van der Waals surface area contributed by atoms with Crippen LogP contribution in [0, 0.1) is 5.92 Å². The van der Waals surface area contributed by atoms with Crippen LogP contribution in [0.3, 0.4) is 0 Å². The fourth-order valence-electron chi connectivity index (χ4n) is 2.68. The van der Waals surface area contributed by atoms with Crippen molar-refractivity contribution in [2.75, 3.05) is 40.8 Å². The molecule has 22 heavy (non-hydrogen) atoms. The van der Waals surface area contributed by atoms with Gasteiger partial charge in [0.25, 0.3) is 0 Å². The number of hydrogen-bond donors (Lipinski definition) is 0. The molecule has 1 aliphatic rings. The summed E-state index contributed by atoms with van der Waals surface area (Å²) in [5.74, 6) is 0.690. The van der Waals surface area contributed by atoms with Gasteiger partial charge in [0.1, 0.15) is 10.6 Å². The summed E-state index contributed by atoms with van der Waals surface area (Å²) in [7, 11) is 1.78. The Morgan fingerprint density at radius 3 is 2.59 bits per heavy atom. The largest absolute Gasteiger partial charge is 0.495 e. The summed E-state index contributed by atoms with van der Waals surface area (Å²) in [4.78, 5) is 2.10. The van der Waals surface area contributed by atoms with E-state index in [1.807, 2.05) is 14.1 Å². The van der Waals surface area contributed by atoms with E-state index in [0.29, 0.717) is 24.8 Å². The zero-order chi connectivity index (χ0) is 16.5. The first kappa shape index (κ1) is 17.8. The lowest BCUT2D eigenvalue weighted by atomic mass is 10.1. The smallest absolute Gasteiger partial charge is 0.244 e. The Kier molecular flexibility index (Phi) is 5.61. The highest BCUT2D eigenvalue weighted by molar-refractivity contribution is 7.89. The molecule has 1 aromatic rings. The Labute approximate surface area is 141 Å². The van der Waals surface area contributed by atoms with Crippen molar-refractivity contribution in [2.24, 2.45) is 5.92 Å². The first-order valence-corrected chi connectivity index (χ1v) is 9.13. The maximum Gasteiger partial charge on any atom is 0.244 e. The first-order valence-electron chi connectivity index (χ1n) is 6.93. The topological polar surface area (TPSA) is 49.9 Å². The Balaban J connectivity index is 2.27. The molecule has 8 heteroatoms. The van der Waals surface area contributed by atoms with Crippen molar-refractivity contribution in [1.82, 2.24) is 9.21 Å². The van der Waals surface area contributed by atoms with Crippen molar-refractivity contribution in [3.05, 3.63) is 22.2 Å². The molecule has 1 saturated heterocycles. The maximum atomic E-state index is 12.8. The minimum Gasteiger partial charge on any atom is -0.495 e. The lowest BCUT2D eigenvalue weighted by Crippen LogP contribution is -2.31. The minimum absolute atomic E-state index is 0.0328. The van der Waals surface area contributed by atoms with E-state index in [2.05, 4.69) is 4.90 Å². The molecular formula is C14H20Cl2N2O3S. The van der Waals surface area contributed by atoms with Gasteiger partial charge in [0, 0.05) is 25.7 Å². The highest BCUT2D eigenvalue weighted by atomic mass is 35.5. The summed E-state index contributed by atoms with van der Waals surface area (Å²) >= 11 is 12.1. The van der Waals surface area contributed by atoms with Crippen LogP contribution in [0.1, 0.15) is 6.42 Å². The normalized spacial score (nSPS) is 19.8. The molecule has 0 N–H and O–H groups in total. The lowest BCUT2D eigenvalue weighted by molar-refractivity contribution is 0.329. The summed E-state index contributed by atoms with van der Waals surface area (Å²) in [6.07, 6.45) is 0.846. The summed E-state index contributed by atoms with van der Waals surface area (Å²) in [5, 5.41) is 0.354. The van der Waals surface area contributed by atoms with Gasteiger partial charge < -0.3 is 9.64 Å². The molecule has 2 rings (SSSR count). The van der Waals surface area contributed by atoms with Crippen LogP contribution in [-0.2, 0) is 10.0 Å². The number of methoxy groups -OCH3 is 1. The third-order valence-corrected chi connectivity index (χ3v) is 6.32. The Bertz CT molecular complexity index is 650. The van der Waals surface area contributed by atoms with Crippen molar-refractivity contribution >= 4 is 33.2 Å². The fourth-order valence-corrected chi connectivity index (χ4v) is 5.04. The van der Waals surface area contributed by atoms with Crippen molar-refractivity contribution in [3.63, 3.8) is 0 Å². The fraction of sp³-hybridized carbons (Fsp3) is 0.571. The van der Waals surface area contributed by atoms with Crippen LogP contribution in [0.4, 0.5) is 0 Å². The van der Waals surface area contributed by atoms with E-state index in [0.717, 1.165) is 13.0 Å². The molecule has 1 atom stereocenters. The van der Waals surface area contributed by atoms with E-state index >= 15 is 0 Å². The number of nitrogens with zero attached hydrogens (tertiary/aromatic N) is 2. The summed E-state index contributed by atoms with van der Waals surface area (Å²) in [6, 6.07) is 2.79. The number of ether oxygens (including phenoxy) is 1. The van der Waals surface area contributed by atoms with Gasteiger partial charge in [0.05, 0.1) is 17.2 Å². The van der Waals surface area contributed by atoms with Crippen LogP contribution >= 0.6 is 23.2 Å². The SMILES string of the molecule is COc1cc(Cl)c(S(=O)(=O)N2CCC(CN(C)C)C2)cc1Cl. The van der Waals surface area contributed by atoms with Crippen LogP contribution in [-0.4, -0.2) is 58.5 Å². The predicted molar refractivity (Wildman–Crippen MR) is 88.4 cm³/mol. The molecule has 0 amide bonds.